The van der Waals surface area contributed by atoms with E-state index in [1.165, 1.54) is 11.1 Å². The van der Waals surface area contributed by atoms with Gasteiger partial charge in [0.15, 0.2) is 0 Å². The van der Waals surface area contributed by atoms with Gasteiger partial charge in [-0.05, 0) is 34.9 Å². The van der Waals surface area contributed by atoms with Gasteiger partial charge in [-0.3, -0.25) is 0 Å². The van der Waals surface area contributed by atoms with Crippen molar-refractivity contribution in [2.75, 3.05) is 0 Å². The van der Waals surface area contributed by atoms with Gasteiger partial charge in [0.2, 0.25) is 0 Å². The third-order valence-electron chi connectivity index (χ3n) is 3.43. The monoisotopic (exact) mass is 216 g/mol. The van der Waals surface area contributed by atoms with Crippen molar-refractivity contribution in [2.45, 2.75) is 45.4 Å². The van der Waals surface area contributed by atoms with Gasteiger partial charge < -0.3 is 5.11 Å². The highest BCUT2D eigenvalue weighted by molar-refractivity contribution is 5.64. The predicted octanol–water partition coefficient (Wildman–Crippen LogP) is 4.21. The number of phenolic OH excluding ortho intramolecular Hbond substituents is 1. The van der Waals surface area contributed by atoms with E-state index in [1.807, 2.05) is 12.1 Å². The lowest BCUT2D eigenvalue weighted by atomic mass is 9.72. The van der Waals surface area contributed by atoms with Crippen LogP contribution < -0.4 is 0 Å². The fraction of sp³-hybridized carbons (Fsp3) is 0.467. The first-order chi connectivity index (χ1) is 7.43. The molecule has 2 rings (SSSR count). The molecule has 1 nitrogen and oxygen atoms in total. The molecular weight excluding hydrogens is 196 g/mol. The SMILES string of the molecule is CC(C)c1c(O)ccc2c1C(C)(C)CC=C2. The first-order valence-corrected chi connectivity index (χ1v) is 5.96. The average molecular weight is 216 g/mol. The second-order valence-corrected chi connectivity index (χ2v) is 5.61. The third kappa shape index (κ3) is 1.64. The van der Waals surface area contributed by atoms with Crippen LogP contribution in [0, 0.1) is 0 Å². The zero-order valence-electron chi connectivity index (χ0n) is 10.5. The normalized spacial score (nSPS) is 17.6. The van der Waals surface area contributed by atoms with Crippen molar-refractivity contribution in [3.63, 3.8) is 0 Å². The van der Waals surface area contributed by atoms with E-state index in [-0.39, 0.29) is 5.41 Å². The van der Waals surface area contributed by atoms with Gasteiger partial charge in [-0.25, -0.2) is 0 Å². The molecule has 1 heteroatoms. The zero-order valence-corrected chi connectivity index (χ0v) is 10.5. The molecule has 1 aliphatic rings. The molecule has 0 saturated heterocycles. The van der Waals surface area contributed by atoms with Gasteiger partial charge in [0.25, 0.3) is 0 Å². The summed E-state index contributed by atoms with van der Waals surface area (Å²) >= 11 is 0. The molecule has 0 amide bonds. The predicted molar refractivity (Wildman–Crippen MR) is 68.9 cm³/mol. The summed E-state index contributed by atoms with van der Waals surface area (Å²) in [6.07, 6.45) is 5.44. The van der Waals surface area contributed by atoms with Crippen LogP contribution in [0.25, 0.3) is 6.08 Å². The Morgan fingerprint density at radius 1 is 1.25 bits per heavy atom. The summed E-state index contributed by atoms with van der Waals surface area (Å²) in [5.41, 5.74) is 3.83. The molecule has 0 heterocycles. The van der Waals surface area contributed by atoms with E-state index >= 15 is 0 Å². The molecule has 86 valence electrons. The number of rotatable bonds is 1. The van der Waals surface area contributed by atoms with Crippen LogP contribution in [0.4, 0.5) is 0 Å². The van der Waals surface area contributed by atoms with E-state index in [2.05, 4.69) is 39.8 Å². The van der Waals surface area contributed by atoms with Crippen LogP contribution >= 0.6 is 0 Å². The number of aromatic hydroxyl groups is 1. The van der Waals surface area contributed by atoms with Crippen LogP contribution in [0.1, 0.15) is 56.7 Å². The lowest BCUT2D eigenvalue weighted by molar-refractivity contribution is 0.452. The van der Waals surface area contributed by atoms with E-state index in [0.717, 1.165) is 12.0 Å². The summed E-state index contributed by atoms with van der Waals surface area (Å²) in [4.78, 5) is 0. The van der Waals surface area contributed by atoms with Crippen molar-refractivity contribution in [2.24, 2.45) is 0 Å². The second kappa shape index (κ2) is 3.65. The summed E-state index contributed by atoms with van der Waals surface area (Å²) in [5, 5.41) is 10.0. The van der Waals surface area contributed by atoms with Crippen molar-refractivity contribution >= 4 is 6.08 Å². The maximum absolute atomic E-state index is 10.0. The molecule has 1 aliphatic carbocycles. The Morgan fingerprint density at radius 2 is 1.94 bits per heavy atom. The number of fused-ring (bicyclic) bond motifs is 1. The van der Waals surface area contributed by atoms with Crippen molar-refractivity contribution in [1.82, 2.24) is 0 Å². The van der Waals surface area contributed by atoms with Crippen molar-refractivity contribution < 1.29 is 5.11 Å². The number of hydrogen-bond acceptors (Lipinski definition) is 1. The minimum atomic E-state index is 0.127. The van der Waals surface area contributed by atoms with Crippen molar-refractivity contribution in [3.05, 3.63) is 34.9 Å². The van der Waals surface area contributed by atoms with E-state index in [4.69, 9.17) is 0 Å². The highest BCUT2D eigenvalue weighted by Crippen LogP contribution is 2.43. The number of allylic oxidation sites excluding steroid dienone is 1. The largest absolute Gasteiger partial charge is 0.508 e. The Hall–Kier alpha value is -1.24. The van der Waals surface area contributed by atoms with Crippen LogP contribution in [0.3, 0.4) is 0 Å². The average Bonchev–Trinajstić information content (AvgIpc) is 2.17. The van der Waals surface area contributed by atoms with E-state index in [9.17, 15) is 5.11 Å². The van der Waals surface area contributed by atoms with E-state index in [1.54, 1.807) is 0 Å². The van der Waals surface area contributed by atoms with Gasteiger partial charge in [0.1, 0.15) is 5.75 Å². The molecule has 0 atom stereocenters. The lowest BCUT2D eigenvalue weighted by Gasteiger charge is -2.33. The third-order valence-corrected chi connectivity index (χ3v) is 3.43. The van der Waals surface area contributed by atoms with Crippen molar-refractivity contribution in [3.8, 4) is 5.75 Å². The molecule has 1 aromatic rings. The van der Waals surface area contributed by atoms with Crippen LogP contribution in [-0.4, -0.2) is 5.11 Å². The van der Waals surface area contributed by atoms with Crippen LogP contribution in [-0.2, 0) is 5.41 Å². The standard InChI is InChI=1S/C15H20O/c1-10(2)13-12(16)8-7-11-6-5-9-15(3,4)14(11)13/h5-8,10,16H,9H2,1-4H3. The molecule has 0 unspecified atom stereocenters. The highest BCUT2D eigenvalue weighted by atomic mass is 16.3. The Bertz CT molecular complexity index is 439. The molecule has 0 aromatic heterocycles. The summed E-state index contributed by atoms with van der Waals surface area (Å²) in [7, 11) is 0. The molecule has 1 N–H and O–H groups in total. The fourth-order valence-electron chi connectivity index (χ4n) is 2.69. The highest BCUT2D eigenvalue weighted by Gasteiger charge is 2.29. The quantitative estimate of drug-likeness (QED) is 0.745. The Kier molecular flexibility index (Phi) is 2.57. The Labute approximate surface area is 97.8 Å². The minimum absolute atomic E-state index is 0.127. The van der Waals surface area contributed by atoms with Gasteiger partial charge >= 0.3 is 0 Å². The zero-order chi connectivity index (χ0) is 11.9. The maximum Gasteiger partial charge on any atom is 0.119 e. The van der Waals surface area contributed by atoms with Crippen LogP contribution in [0.2, 0.25) is 0 Å². The summed E-state index contributed by atoms with van der Waals surface area (Å²) in [6.45, 7) is 8.79. The number of benzene rings is 1. The molecule has 16 heavy (non-hydrogen) atoms. The molecule has 0 radical (unpaired) electrons. The van der Waals surface area contributed by atoms with Gasteiger partial charge in [0, 0.05) is 5.56 Å². The summed E-state index contributed by atoms with van der Waals surface area (Å²) in [5.74, 6) is 0.804. The maximum atomic E-state index is 10.0. The minimum Gasteiger partial charge on any atom is -0.508 e. The lowest BCUT2D eigenvalue weighted by Crippen LogP contribution is -2.22. The van der Waals surface area contributed by atoms with Gasteiger partial charge in [-0.2, -0.15) is 0 Å². The summed E-state index contributed by atoms with van der Waals surface area (Å²) in [6, 6.07) is 3.84. The molecule has 0 bridgehead atoms. The smallest absolute Gasteiger partial charge is 0.119 e. The molecule has 0 fully saturated rings. The van der Waals surface area contributed by atoms with Crippen molar-refractivity contribution in [1.29, 1.82) is 0 Å². The van der Waals surface area contributed by atoms with Gasteiger partial charge in [-0.1, -0.05) is 45.9 Å². The van der Waals surface area contributed by atoms with Gasteiger partial charge in [-0.15, -0.1) is 0 Å². The Balaban J connectivity index is 2.75. The first kappa shape index (κ1) is 11.3. The van der Waals surface area contributed by atoms with Crippen LogP contribution in [0.5, 0.6) is 5.75 Å². The van der Waals surface area contributed by atoms with E-state index in [0.29, 0.717) is 11.7 Å². The molecule has 0 spiro atoms. The van der Waals surface area contributed by atoms with E-state index < -0.39 is 0 Å². The fourth-order valence-corrected chi connectivity index (χ4v) is 2.69. The molecule has 0 aliphatic heterocycles. The number of phenols is 1. The summed E-state index contributed by atoms with van der Waals surface area (Å²) < 4.78 is 0. The first-order valence-electron chi connectivity index (χ1n) is 5.96. The number of hydrogen-bond donors (Lipinski definition) is 1. The van der Waals surface area contributed by atoms with Crippen LogP contribution in [0.15, 0.2) is 18.2 Å². The Morgan fingerprint density at radius 3 is 2.56 bits per heavy atom. The molecular formula is C15H20O. The topological polar surface area (TPSA) is 20.2 Å². The molecule has 0 saturated carbocycles. The van der Waals surface area contributed by atoms with Gasteiger partial charge in [0.05, 0.1) is 0 Å². The second-order valence-electron chi connectivity index (χ2n) is 5.61. The molecule has 1 aromatic carbocycles.